The van der Waals surface area contributed by atoms with Crippen molar-refractivity contribution in [1.29, 1.82) is 0 Å². The van der Waals surface area contributed by atoms with Crippen molar-refractivity contribution in [1.82, 2.24) is 9.62 Å². The molecule has 2 rings (SSSR count). The van der Waals surface area contributed by atoms with Gasteiger partial charge in [0, 0.05) is 18.2 Å². The third kappa shape index (κ3) is 5.03. The predicted octanol–water partition coefficient (Wildman–Crippen LogP) is 0.834. The fourth-order valence-electron chi connectivity index (χ4n) is 2.59. The van der Waals surface area contributed by atoms with Crippen LogP contribution in [0.15, 0.2) is 24.3 Å². The van der Waals surface area contributed by atoms with Crippen LogP contribution >= 0.6 is 12.2 Å². The highest BCUT2D eigenvalue weighted by Gasteiger charge is 2.22. The summed E-state index contributed by atoms with van der Waals surface area (Å²) in [6.07, 6.45) is 1.90. The lowest BCUT2D eigenvalue weighted by atomic mass is 10.1. The van der Waals surface area contributed by atoms with E-state index in [1.165, 1.54) is 0 Å². The molecule has 1 atom stereocenters. The summed E-state index contributed by atoms with van der Waals surface area (Å²) in [6.45, 7) is 1.78. The van der Waals surface area contributed by atoms with E-state index >= 15 is 0 Å². The van der Waals surface area contributed by atoms with Crippen LogP contribution in [0, 0.1) is 0 Å². The fraction of sp³-hybridized carbons (Fsp3) is 0.500. The number of piperidine rings is 1. The predicted molar refractivity (Wildman–Crippen MR) is 88.6 cm³/mol. The van der Waals surface area contributed by atoms with Gasteiger partial charge in [-0.2, -0.15) is 0 Å². The third-order valence-electron chi connectivity index (χ3n) is 3.54. The number of rotatable bonds is 5. The van der Waals surface area contributed by atoms with E-state index in [2.05, 4.69) is 9.62 Å². The molecule has 1 aliphatic rings. The molecule has 1 unspecified atom stereocenters. The van der Waals surface area contributed by atoms with Crippen molar-refractivity contribution in [3.8, 4) is 0 Å². The zero-order valence-electron chi connectivity index (χ0n) is 12.1. The van der Waals surface area contributed by atoms with Gasteiger partial charge in [-0.1, -0.05) is 30.4 Å². The van der Waals surface area contributed by atoms with Crippen LogP contribution in [0.5, 0.6) is 0 Å². The van der Waals surface area contributed by atoms with Gasteiger partial charge < -0.3 is 10.6 Å². The molecule has 1 aromatic carbocycles. The number of sulfonamides is 1. The van der Waals surface area contributed by atoms with E-state index in [1.54, 1.807) is 24.3 Å². The molecule has 7 heteroatoms. The monoisotopic (exact) mass is 327 g/mol. The minimum absolute atomic E-state index is 0.00693. The molecule has 1 aromatic rings. The number of likely N-dealkylation sites (tertiary alicyclic amines) is 1. The number of nitrogens with one attached hydrogen (secondary N) is 1. The molecule has 1 fully saturated rings. The van der Waals surface area contributed by atoms with Crippen molar-refractivity contribution in [3.63, 3.8) is 0 Å². The van der Waals surface area contributed by atoms with E-state index in [4.69, 9.17) is 18.0 Å². The van der Waals surface area contributed by atoms with Gasteiger partial charge in [-0.25, -0.2) is 13.1 Å². The highest BCUT2D eigenvalue weighted by atomic mass is 32.2. The number of thiocarbonyl (C=S) groups is 1. The topological polar surface area (TPSA) is 75.4 Å². The largest absolute Gasteiger partial charge is 0.389 e. The third-order valence-corrected chi connectivity index (χ3v) is 5.18. The molecule has 1 saturated heterocycles. The lowest BCUT2D eigenvalue weighted by molar-refractivity contribution is 0.242. The Morgan fingerprint density at radius 3 is 2.95 bits per heavy atom. The maximum atomic E-state index is 12.3. The number of hydrogen-bond acceptors (Lipinski definition) is 4. The number of hydrogen-bond donors (Lipinski definition) is 2. The second-order valence-electron chi connectivity index (χ2n) is 5.54. The Balaban J connectivity index is 2.03. The minimum Gasteiger partial charge on any atom is -0.389 e. The summed E-state index contributed by atoms with van der Waals surface area (Å²) >= 11 is 4.91. The highest BCUT2D eigenvalue weighted by Crippen LogP contribution is 2.12. The van der Waals surface area contributed by atoms with Crippen LogP contribution < -0.4 is 10.5 Å². The number of nitrogens with two attached hydrogens (primary N) is 1. The van der Waals surface area contributed by atoms with Crippen LogP contribution in [-0.2, 0) is 15.8 Å². The van der Waals surface area contributed by atoms with Crippen molar-refractivity contribution in [2.75, 3.05) is 20.1 Å². The minimum atomic E-state index is -3.36. The van der Waals surface area contributed by atoms with E-state index in [1.807, 2.05) is 7.05 Å². The smallest absolute Gasteiger partial charge is 0.216 e. The summed E-state index contributed by atoms with van der Waals surface area (Å²) in [5, 5.41) is 0. The summed E-state index contributed by atoms with van der Waals surface area (Å²) in [7, 11) is -1.35. The van der Waals surface area contributed by atoms with Crippen LogP contribution in [0.2, 0.25) is 0 Å². The first kappa shape index (κ1) is 16.4. The molecule has 1 aliphatic heterocycles. The molecule has 0 aliphatic carbocycles. The molecule has 1 heterocycles. The van der Waals surface area contributed by atoms with Crippen molar-refractivity contribution < 1.29 is 8.42 Å². The van der Waals surface area contributed by atoms with Crippen LogP contribution in [0.3, 0.4) is 0 Å². The standard InChI is InChI=1S/C14H21N3O2S2/c1-17-7-3-6-13(9-17)16-21(18,19)10-11-4-2-5-12(8-11)14(15)20/h2,4-5,8,13,16H,3,6-7,9-10H2,1H3,(H2,15,20). The number of benzene rings is 1. The molecule has 0 saturated carbocycles. The molecule has 21 heavy (non-hydrogen) atoms. The second-order valence-corrected chi connectivity index (χ2v) is 7.74. The van der Waals surface area contributed by atoms with Crippen LogP contribution in [-0.4, -0.2) is 44.5 Å². The molecule has 116 valence electrons. The molecular weight excluding hydrogens is 306 g/mol. The fourth-order valence-corrected chi connectivity index (χ4v) is 4.12. The van der Waals surface area contributed by atoms with Gasteiger partial charge in [-0.3, -0.25) is 0 Å². The molecule has 0 radical (unpaired) electrons. The summed E-state index contributed by atoms with van der Waals surface area (Å²) < 4.78 is 27.3. The lowest BCUT2D eigenvalue weighted by Crippen LogP contribution is -2.46. The van der Waals surface area contributed by atoms with Crippen LogP contribution in [0.25, 0.3) is 0 Å². The van der Waals surface area contributed by atoms with Crippen LogP contribution in [0.4, 0.5) is 0 Å². The molecule has 3 N–H and O–H groups in total. The van der Waals surface area contributed by atoms with Crippen molar-refractivity contribution in [3.05, 3.63) is 35.4 Å². The van der Waals surface area contributed by atoms with Gasteiger partial charge in [0.15, 0.2) is 0 Å². The van der Waals surface area contributed by atoms with Gasteiger partial charge >= 0.3 is 0 Å². The summed E-state index contributed by atoms with van der Waals surface area (Å²) in [6, 6.07) is 7.05. The Labute approximate surface area is 131 Å². The number of nitrogens with zero attached hydrogens (tertiary/aromatic N) is 1. The van der Waals surface area contributed by atoms with E-state index in [-0.39, 0.29) is 16.8 Å². The van der Waals surface area contributed by atoms with Crippen molar-refractivity contribution in [2.24, 2.45) is 5.73 Å². The zero-order valence-corrected chi connectivity index (χ0v) is 13.7. The maximum Gasteiger partial charge on any atom is 0.216 e. The Kier molecular flexibility index (Phi) is 5.32. The van der Waals surface area contributed by atoms with Gasteiger partial charge in [0.2, 0.25) is 10.0 Å². The first-order chi connectivity index (χ1) is 9.85. The molecule has 0 spiro atoms. The van der Waals surface area contributed by atoms with Gasteiger partial charge in [0.25, 0.3) is 0 Å². The van der Waals surface area contributed by atoms with Gasteiger partial charge in [0.05, 0.1) is 5.75 Å². The van der Waals surface area contributed by atoms with Gasteiger partial charge in [-0.05, 0) is 38.1 Å². The average molecular weight is 327 g/mol. The van der Waals surface area contributed by atoms with E-state index in [0.29, 0.717) is 11.1 Å². The summed E-state index contributed by atoms with van der Waals surface area (Å²) in [4.78, 5) is 2.42. The Hall–Kier alpha value is -1.02. The van der Waals surface area contributed by atoms with E-state index < -0.39 is 10.0 Å². The molecular formula is C14H21N3O2S2. The van der Waals surface area contributed by atoms with E-state index in [0.717, 1.165) is 25.9 Å². The highest BCUT2D eigenvalue weighted by molar-refractivity contribution is 7.88. The Morgan fingerprint density at radius 1 is 1.52 bits per heavy atom. The second kappa shape index (κ2) is 6.83. The zero-order chi connectivity index (χ0) is 15.5. The molecule has 5 nitrogen and oxygen atoms in total. The SMILES string of the molecule is CN1CCCC(NS(=O)(=O)Cc2cccc(C(N)=S)c2)C1. The molecule has 0 aromatic heterocycles. The van der Waals surface area contributed by atoms with Crippen molar-refractivity contribution >= 4 is 27.2 Å². The summed E-state index contributed by atoms with van der Waals surface area (Å²) in [5.74, 6) is -0.0519. The van der Waals surface area contributed by atoms with Crippen LogP contribution in [0.1, 0.15) is 24.0 Å². The Morgan fingerprint density at radius 2 is 2.29 bits per heavy atom. The molecule has 0 amide bonds. The maximum absolute atomic E-state index is 12.3. The first-order valence-electron chi connectivity index (χ1n) is 6.93. The first-order valence-corrected chi connectivity index (χ1v) is 8.99. The van der Waals surface area contributed by atoms with Gasteiger partial charge in [0.1, 0.15) is 4.99 Å². The lowest BCUT2D eigenvalue weighted by Gasteiger charge is -2.30. The normalized spacial score (nSPS) is 20.3. The van der Waals surface area contributed by atoms with Gasteiger partial charge in [-0.15, -0.1) is 0 Å². The van der Waals surface area contributed by atoms with E-state index in [9.17, 15) is 8.42 Å². The quantitative estimate of drug-likeness (QED) is 0.784. The summed E-state index contributed by atoms with van der Waals surface area (Å²) in [5.41, 5.74) is 6.95. The Bertz CT molecular complexity index is 616. The number of likely N-dealkylation sites (N-methyl/N-ethyl adjacent to an activating group) is 1. The molecule has 0 bridgehead atoms. The average Bonchev–Trinajstić information content (AvgIpc) is 2.37. The van der Waals surface area contributed by atoms with Crippen molar-refractivity contribution in [2.45, 2.75) is 24.6 Å².